The first-order chi connectivity index (χ1) is 31.6. The second-order valence-corrected chi connectivity index (χ2v) is 20.6. The van der Waals surface area contributed by atoms with Gasteiger partial charge in [0.15, 0.2) is 0 Å². The van der Waals surface area contributed by atoms with Crippen LogP contribution in [-0.4, -0.2) is 118 Å². The van der Waals surface area contributed by atoms with Crippen LogP contribution in [0.15, 0.2) is 80.8 Å². The largest absolute Gasteiger partial charge is 0.464 e. The van der Waals surface area contributed by atoms with Crippen LogP contribution in [0.2, 0.25) is 0 Å². The summed E-state index contributed by atoms with van der Waals surface area (Å²) in [7, 11) is 1.49. The number of nitrogens with one attached hydrogen (secondary N) is 5. The number of ether oxygens (including phenoxy) is 2. The fourth-order valence-electron chi connectivity index (χ4n) is 7.50. The number of benzene rings is 2. The van der Waals surface area contributed by atoms with Gasteiger partial charge in [-0.1, -0.05) is 64.1 Å². The number of halogens is 2. The second-order valence-electron chi connectivity index (χ2n) is 18.3. The number of carboxylic acid groups (broad SMARTS) is 1. The van der Waals surface area contributed by atoms with Gasteiger partial charge < -0.3 is 46.1 Å². The summed E-state index contributed by atoms with van der Waals surface area (Å²) in [6.07, 6.45) is 2.48. The highest BCUT2D eigenvalue weighted by molar-refractivity contribution is 9.12. The summed E-state index contributed by atoms with van der Waals surface area (Å²) in [4.78, 5) is 83.6. The molecule has 5 amide bonds. The minimum atomic E-state index is -1.21. The molecule has 3 heterocycles. The molecule has 3 aromatic rings. The Kier molecular flexibility index (Phi) is 18.6. The van der Waals surface area contributed by atoms with Gasteiger partial charge in [0, 0.05) is 78.0 Å². The molecule has 0 radical (unpaired) electrons. The minimum absolute atomic E-state index is 0.0154. The number of rotatable bonds is 11. The quantitative estimate of drug-likeness (QED) is 0.0822. The Morgan fingerprint density at radius 1 is 0.866 bits per heavy atom. The Morgan fingerprint density at radius 2 is 1.49 bits per heavy atom. The third kappa shape index (κ3) is 15.4. The van der Waals surface area contributed by atoms with Crippen LogP contribution >= 0.6 is 39.5 Å². The van der Waals surface area contributed by atoms with Gasteiger partial charge in [-0.3, -0.25) is 23.4 Å². The lowest BCUT2D eigenvalue weighted by Gasteiger charge is -2.32. The molecule has 5 rings (SSSR count). The number of alkyl carbamates (subject to hydrolysis) is 2. The topological polar surface area (TPSA) is 213 Å². The molecule has 0 unspecified atom stereocenters. The number of carbonyl (C=O) groups is 6. The number of likely N-dealkylation sites (N-methyl/N-ethyl adjacent to an activating group) is 1. The Hall–Kier alpha value is -5.24. The second kappa shape index (κ2) is 23.7. The molecule has 0 saturated heterocycles. The average Bonchev–Trinajstić information content (AvgIpc) is 3.62. The number of para-hydroxylation sites is 1. The highest BCUT2D eigenvalue weighted by atomic mass is 79.9. The van der Waals surface area contributed by atoms with E-state index in [1.807, 2.05) is 30.3 Å². The molecular weight excluding hydrogens is 968 g/mol. The van der Waals surface area contributed by atoms with Crippen LogP contribution in [0.3, 0.4) is 0 Å². The number of aromatic nitrogens is 1. The van der Waals surface area contributed by atoms with Gasteiger partial charge in [0.2, 0.25) is 17.7 Å². The summed E-state index contributed by atoms with van der Waals surface area (Å²) < 4.78 is 14.1. The van der Waals surface area contributed by atoms with Gasteiger partial charge >= 0.3 is 18.3 Å². The zero-order chi connectivity index (χ0) is 49.1. The lowest BCUT2D eigenvalue weighted by Crippen LogP contribution is -2.57. The van der Waals surface area contributed by atoms with Crippen molar-refractivity contribution in [1.29, 1.82) is 0 Å². The fourth-order valence-corrected chi connectivity index (χ4v) is 9.48. The number of amides is 5. The van der Waals surface area contributed by atoms with E-state index >= 15 is 0 Å². The zero-order valence-corrected chi connectivity index (χ0v) is 42.2. The molecule has 2 aliphatic heterocycles. The number of fused-ring (bicyclic) bond motifs is 2. The van der Waals surface area contributed by atoms with Gasteiger partial charge in [-0.25, -0.2) is 14.4 Å². The van der Waals surface area contributed by atoms with Crippen LogP contribution in [0.1, 0.15) is 84.8 Å². The number of unbranched alkanes of at least 4 members (excludes halogenated alkanes) is 1. The van der Waals surface area contributed by atoms with Crippen molar-refractivity contribution in [2.75, 3.05) is 33.2 Å². The molecule has 2 aromatic carbocycles. The maximum Gasteiger partial charge on any atom is 0.416 e. The van der Waals surface area contributed by atoms with E-state index in [1.165, 1.54) is 29.9 Å². The molecule has 0 saturated carbocycles. The predicted molar refractivity (Wildman–Crippen MR) is 262 cm³/mol. The van der Waals surface area contributed by atoms with Crippen LogP contribution in [-0.2, 0) is 36.8 Å². The summed E-state index contributed by atoms with van der Waals surface area (Å²) in [5.41, 5.74) is 1.09. The van der Waals surface area contributed by atoms with Crippen LogP contribution in [0.25, 0.3) is 10.9 Å². The first kappa shape index (κ1) is 52.7. The SMILES string of the molecule is CN1C(=O)[C@H](CCCCNC(=O)OC(C)(C)C)NC(=O)[C@H](CCCNC(=O)OC(C)(C)C)NCc2ccccc2SC2=C(CNC(=O)[C@@H]1Cc1cn(C(=O)O)c3ccccc13)C(Br)=CCN2Cl. The van der Waals surface area contributed by atoms with Gasteiger partial charge in [0.05, 0.1) is 23.1 Å². The van der Waals surface area contributed by atoms with Crippen molar-refractivity contribution in [3.8, 4) is 0 Å². The molecule has 67 heavy (non-hydrogen) atoms. The number of nitrogens with zero attached hydrogens (tertiary/aromatic N) is 3. The van der Waals surface area contributed by atoms with Crippen molar-refractivity contribution >= 4 is 86.4 Å². The molecule has 364 valence electrons. The van der Waals surface area contributed by atoms with Crippen molar-refractivity contribution in [3.05, 3.63) is 87.0 Å². The molecule has 3 atom stereocenters. The summed E-state index contributed by atoms with van der Waals surface area (Å²) in [6, 6.07) is 11.4. The molecule has 1 aromatic heterocycles. The van der Waals surface area contributed by atoms with Crippen molar-refractivity contribution < 1.29 is 43.3 Å². The number of thioether (sulfide) groups is 1. The normalized spacial score (nSPS) is 19.1. The van der Waals surface area contributed by atoms with Crippen molar-refractivity contribution in [2.45, 2.75) is 121 Å². The fraction of sp³-hybridized carbons (Fsp3) is 0.489. The van der Waals surface area contributed by atoms with E-state index in [4.69, 9.17) is 21.3 Å². The summed E-state index contributed by atoms with van der Waals surface area (Å²) in [5.74, 6) is -1.56. The molecule has 0 bridgehead atoms. The maximum atomic E-state index is 14.9. The number of hydrogen-bond acceptors (Lipinski definition) is 11. The van der Waals surface area contributed by atoms with Crippen LogP contribution in [0.4, 0.5) is 14.4 Å². The minimum Gasteiger partial charge on any atom is -0.464 e. The van der Waals surface area contributed by atoms with Crippen LogP contribution in [0.5, 0.6) is 0 Å². The van der Waals surface area contributed by atoms with Crippen LogP contribution in [0, 0.1) is 0 Å². The van der Waals surface area contributed by atoms with Gasteiger partial charge in [-0.15, -0.1) is 0 Å². The third-order valence-electron chi connectivity index (χ3n) is 10.7. The molecule has 6 N–H and O–H groups in total. The zero-order valence-electron chi connectivity index (χ0n) is 39.0. The van der Waals surface area contributed by atoms with Crippen LogP contribution < -0.4 is 26.6 Å². The monoisotopic (exact) mass is 1030 g/mol. The molecular formula is C47H62BrClN8O9S. The average molecular weight is 1030 g/mol. The Morgan fingerprint density at radius 3 is 2.16 bits per heavy atom. The first-order valence-corrected chi connectivity index (χ1v) is 24.2. The summed E-state index contributed by atoms with van der Waals surface area (Å²) in [5, 5.41) is 26.3. The molecule has 0 aliphatic carbocycles. The Labute approximate surface area is 409 Å². The first-order valence-electron chi connectivity index (χ1n) is 22.2. The van der Waals surface area contributed by atoms with Gasteiger partial charge in [-0.05, 0) is 103 Å². The summed E-state index contributed by atoms with van der Waals surface area (Å²) >= 11 is 12.0. The van der Waals surface area contributed by atoms with E-state index in [0.717, 1.165) is 19.5 Å². The van der Waals surface area contributed by atoms with E-state index in [0.29, 0.717) is 52.9 Å². The molecule has 2 aliphatic rings. The lowest BCUT2D eigenvalue weighted by atomic mass is 10.0. The van der Waals surface area contributed by atoms with E-state index in [1.54, 1.807) is 70.2 Å². The molecule has 0 spiro atoms. The van der Waals surface area contributed by atoms with E-state index in [-0.39, 0.29) is 45.4 Å². The van der Waals surface area contributed by atoms with Crippen molar-refractivity contribution in [2.24, 2.45) is 0 Å². The highest BCUT2D eigenvalue weighted by Crippen LogP contribution is 2.40. The van der Waals surface area contributed by atoms with Gasteiger partial charge in [0.25, 0.3) is 0 Å². The van der Waals surface area contributed by atoms with Gasteiger partial charge in [0.1, 0.15) is 23.3 Å². The summed E-state index contributed by atoms with van der Waals surface area (Å²) in [6.45, 7) is 11.7. The van der Waals surface area contributed by atoms with E-state index in [2.05, 4.69) is 42.5 Å². The highest BCUT2D eigenvalue weighted by Gasteiger charge is 2.35. The molecule has 17 nitrogen and oxygen atoms in total. The smallest absolute Gasteiger partial charge is 0.416 e. The van der Waals surface area contributed by atoms with Crippen molar-refractivity contribution in [3.63, 3.8) is 0 Å². The van der Waals surface area contributed by atoms with E-state index in [9.17, 15) is 33.9 Å². The molecule has 0 fully saturated rings. The molecule has 20 heteroatoms. The lowest BCUT2D eigenvalue weighted by molar-refractivity contribution is -0.142. The maximum absolute atomic E-state index is 14.9. The number of hydrogen-bond donors (Lipinski definition) is 6. The van der Waals surface area contributed by atoms with E-state index < -0.39 is 65.3 Å². The third-order valence-corrected chi connectivity index (χ3v) is 13.2. The Bertz CT molecular complexity index is 2360. The Balaban J connectivity index is 1.53. The standard InChI is InChI=1S/C47H62BrClN8O9S/c1-46(2,3)65-43(61)50-22-13-12-17-35-41(60)55(7)37(25-30-28-56(45(63)64)36-19-10-9-16-31(30)36)40(59)53-27-32-33(48)21-24-57(49)42(32)67-38-20-11-8-15-29(38)26-52-34(39(58)54-35)18-14-23-51-44(62)66-47(4,5)6/h8-11,15-16,19-21,28,34-35,37,52H,12-14,17-18,22-27H2,1-7H3,(H,50,61)(H,51,62)(H,53,59)(H,54,58)(H,63,64)/t34-,35-,37-/m0/s1. The predicted octanol–water partition coefficient (Wildman–Crippen LogP) is 7.36. The number of carbonyl (C=O) groups excluding carboxylic acids is 5. The van der Waals surface area contributed by atoms with Crippen molar-refractivity contribution in [1.82, 2.24) is 40.5 Å². The van der Waals surface area contributed by atoms with Gasteiger partial charge in [-0.2, -0.15) is 0 Å².